The number of benzene rings is 2. The third-order valence-corrected chi connectivity index (χ3v) is 4.69. The molecular formula is C23H29N3O6. The van der Waals surface area contributed by atoms with E-state index in [-0.39, 0.29) is 12.0 Å². The van der Waals surface area contributed by atoms with E-state index in [2.05, 4.69) is 16.0 Å². The van der Waals surface area contributed by atoms with Gasteiger partial charge in [0.15, 0.2) is 0 Å². The Kier molecular flexibility index (Phi) is 9.65. The molecule has 2 rings (SSSR count). The second-order valence-corrected chi connectivity index (χ2v) is 7.25. The second-order valence-electron chi connectivity index (χ2n) is 7.25. The van der Waals surface area contributed by atoms with Gasteiger partial charge in [-0.2, -0.15) is 0 Å². The average Bonchev–Trinajstić information content (AvgIpc) is 2.77. The molecule has 32 heavy (non-hydrogen) atoms. The van der Waals surface area contributed by atoms with Crippen molar-refractivity contribution in [2.75, 3.05) is 26.8 Å². The van der Waals surface area contributed by atoms with Crippen LogP contribution >= 0.6 is 0 Å². The maximum Gasteiger partial charge on any atom is 0.328 e. The van der Waals surface area contributed by atoms with E-state index < -0.39 is 36.5 Å². The normalized spacial score (nSPS) is 12.5. The molecule has 0 unspecified atom stereocenters. The topological polar surface area (TPSA) is 137 Å². The molecule has 0 aliphatic heterocycles. The lowest BCUT2D eigenvalue weighted by molar-refractivity contribution is -0.143. The molecule has 0 saturated carbocycles. The molecule has 2 aromatic carbocycles. The van der Waals surface area contributed by atoms with Crippen molar-refractivity contribution in [2.45, 2.75) is 25.4 Å². The minimum atomic E-state index is -1.47. The molecule has 0 aromatic heterocycles. The number of nitrogens with one attached hydrogen (secondary N) is 3. The Balaban J connectivity index is 2.25. The predicted molar refractivity (Wildman–Crippen MR) is 119 cm³/mol. The summed E-state index contributed by atoms with van der Waals surface area (Å²) in [5.41, 5.74) is 1.94. The largest absolute Gasteiger partial charge is 0.491 e. The molecule has 9 heteroatoms. The molecule has 0 bridgehead atoms. The van der Waals surface area contributed by atoms with Gasteiger partial charge in [0.2, 0.25) is 5.91 Å². The van der Waals surface area contributed by atoms with E-state index in [4.69, 9.17) is 9.84 Å². The van der Waals surface area contributed by atoms with E-state index in [1.807, 2.05) is 13.0 Å². The minimum Gasteiger partial charge on any atom is -0.491 e. The molecule has 0 fully saturated rings. The van der Waals surface area contributed by atoms with Crippen molar-refractivity contribution in [1.82, 2.24) is 16.0 Å². The fourth-order valence-corrected chi connectivity index (χ4v) is 2.95. The number of aliphatic hydroxyl groups is 1. The number of hydrogen-bond acceptors (Lipinski definition) is 6. The van der Waals surface area contributed by atoms with Crippen LogP contribution in [-0.2, 0) is 16.0 Å². The highest BCUT2D eigenvalue weighted by Crippen LogP contribution is 2.21. The van der Waals surface area contributed by atoms with E-state index in [1.54, 1.807) is 49.5 Å². The molecule has 0 heterocycles. The van der Waals surface area contributed by atoms with Crippen LogP contribution in [0, 0.1) is 6.92 Å². The van der Waals surface area contributed by atoms with Crippen LogP contribution in [0.2, 0.25) is 0 Å². The molecule has 172 valence electrons. The molecule has 0 saturated heterocycles. The van der Waals surface area contributed by atoms with Gasteiger partial charge in [-0.3, -0.25) is 9.59 Å². The van der Waals surface area contributed by atoms with Crippen molar-refractivity contribution < 1.29 is 29.3 Å². The van der Waals surface area contributed by atoms with Crippen LogP contribution in [0.15, 0.2) is 48.5 Å². The molecule has 2 atom stereocenters. The number of aliphatic carboxylic acids is 1. The Hall–Kier alpha value is -3.43. The summed E-state index contributed by atoms with van der Waals surface area (Å²) in [7, 11) is 1.79. The molecule has 0 spiro atoms. The van der Waals surface area contributed by atoms with Crippen LogP contribution in [0.5, 0.6) is 5.75 Å². The number of carbonyl (C=O) groups excluding carboxylic acids is 2. The fraction of sp³-hybridized carbons (Fsp3) is 0.348. The number of hydrogen-bond donors (Lipinski definition) is 5. The number of ether oxygens (including phenoxy) is 1. The van der Waals surface area contributed by atoms with Gasteiger partial charge in [-0.05, 0) is 37.2 Å². The summed E-state index contributed by atoms with van der Waals surface area (Å²) in [4.78, 5) is 37.1. The van der Waals surface area contributed by atoms with Crippen molar-refractivity contribution in [3.8, 4) is 5.75 Å². The van der Waals surface area contributed by atoms with E-state index in [1.165, 1.54) is 0 Å². The number of rotatable bonds is 12. The zero-order chi connectivity index (χ0) is 23.5. The number of carboxylic acids is 1. The van der Waals surface area contributed by atoms with E-state index in [9.17, 15) is 19.5 Å². The number of carbonyl (C=O) groups is 3. The van der Waals surface area contributed by atoms with E-state index in [0.717, 1.165) is 11.1 Å². The maximum absolute atomic E-state index is 13.1. The molecule has 5 N–H and O–H groups in total. The molecule has 0 aliphatic rings. The van der Waals surface area contributed by atoms with Gasteiger partial charge < -0.3 is 30.9 Å². The van der Waals surface area contributed by atoms with Crippen molar-refractivity contribution >= 4 is 17.8 Å². The van der Waals surface area contributed by atoms with E-state index in [0.29, 0.717) is 18.9 Å². The van der Waals surface area contributed by atoms with Gasteiger partial charge in [0.25, 0.3) is 5.91 Å². The van der Waals surface area contributed by atoms with Gasteiger partial charge in [0, 0.05) is 13.0 Å². The standard InChI is InChI=1S/C23H29N3O6/c1-15-8-9-17(20(12-15)32-11-10-24-2)21(28)25-18(13-16-6-4-3-5-7-16)22(29)26-19(14-27)23(30)31/h3-9,12,18-19,24,27H,10-11,13-14H2,1-2H3,(H,25,28)(H,26,29)(H,30,31)/t18-,19-/m0/s1. The summed E-state index contributed by atoms with van der Waals surface area (Å²) in [6, 6.07) is 11.6. The Morgan fingerprint density at radius 2 is 1.75 bits per heavy atom. The summed E-state index contributed by atoms with van der Waals surface area (Å²) in [5.74, 6) is -2.23. The monoisotopic (exact) mass is 443 g/mol. The first kappa shape index (κ1) is 24.8. The molecule has 0 aliphatic carbocycles. The van der Waals surface area contributed by atoms with Crippen molar-refractivity contribution in [3.63, 3.8) is 0 Å². The van der Waals surface area contributed by atoms with Crippen LogP contribution < -0.4 is 20.7 Å². The lowest BCUT2D eigenvalue weighted by atomic mass is 10.0. The minimum absolute atomic E-state index is 0.137. The van der Waals surface area contributed by atoms with E-state index >= 15 is 0 Å². The molecule has 0 radical (unpaired) electrons. The van der Waals surface area contributed by atoms with Crippen molar-refractivity contribution in [2.24, 2.45) is 0 Å². The number of aryl methyl sites for hydroxylation is 1. The predicted octanol–water partition coefficient (Wildman–Crippen LogP) is 0.496. The van der Waals surface area contributed by atoms with Gasteiger partial charge in [0.05, 0.1) is 12.2 Å². The third-order valence-electron chi connectivity index (χ3n) is 4.69. The number of likely N-dealkylation sites (N-methyl/N-ethyl adjacent to an activating group) is 1. The summed E-state index contributed by atoms with van der Waals surface area (Å²) < 4.78 is 5.72. The smallest absolute Gasteiger partial charge is 0.328 e. The summed E-state index contributed by atoms with van der Waals surface area (Å²) >= 11 is 0. The highest BCUT2D eigenvalue weighted by atomic mass is 16.5. The second kappa shape index (κ2) is 12.4. The van der Waals surface area contributed by atoms with Gasteiger partial charge in [-0.1, -0.05) is 36.4 Å². The molecule has 9 nitrogen and oxygen atoms in total. The first-order valence-corrected chi connectivity index (χ1v) is 10.2. The zero-order valence-electron chi connectivity index (χ0n) is 18.1. The lowest BCUT2D eigenvalue weighted by Crippen LogP contribution is -2.53. The highest BCUT2D eigenvalue weighted by molar-refractivity contribution is 6.00. The first-order valence-electron chi connectivity index (χ1n) is 10.2. The van der Waals surface area contributed by atoms with Crippen molar-refractivity contribution in [3.05, 3.63) is 65.2 Å². The number of aliphatic hydroxyl groups excluding tert-OH is 1. The fourth-order valence-electron chi connectivity index (χ4n) is 2.95. The van der Waals surface area contributed by atoms with Crippen LogP contribution in [0.4, 0.5) is 0 Å². The van der Waals surface area contributed by atoms with Crippen LogP contribution in [-0.4, -0.2) is 66.9 Å². The zero-order valence-corrected chi connectivity index (χ0v) is 18.1. The van der Waals surface area contributed by atoms with Crippen LogP contribution in [0.25, 0.3) is 0 Å². The lowest BCUT2D eigenvalue weighted by Gasteiger charge is -2.21. The quantitative estimate of drug-likeness (QED) is 0.301. The average molecular weight is 444 g/mol. The number of amides is 2. The third kappa shape index (κ3) is 7.36. The van der Waals surface area contributed by atoms with Crippen molar-refractivity contribution in [1.29, 1.82) is 0 Å². The molecular weight excluding hydrogens is 414 g/mol. The highest BCUT2D eigenvalue weighted by Gasteiger charge is 2.27. The van der Waals surface area contributed by atoms with Gasteiger partial charge >= 0.3 is 5.97 Å². The molecule has 2 aromatic rings. The first-order chi connectivity index (χ1) is 15.3. The summed E-state index contributed by atoms with van der Waals surface area (Å²) in [6.07, 6.45) is 0.137. The molecule has 2 amide bonds. The van der Waals surface area contributed by atoms with Crippen LogP contribution in [0.3, 0.4) is 0 Å². The summed E-state index contributed by atoms with van der Waals surface area (Å²) in [6.45, 7) is 2.05. The van der Waals surface area contributed by atoms with Crippen LogP contribution in [0.1, 0.15) is 21.5 Å². The Morgan fingerprint density at radius 1 is 1.03 bits per heavy atom. The van der Waals surface area contributed by atoms with Gasteiger partial charge in [-0.25, -0.2) is 4.79 Å². The Bertz CT molecular complexity index is 919. The number of carboxylic acid groups (broad SMARTS) is 1. The summed E-state index contributed by atoms with van der Waals surface area (Å²) in [5, 5.41) is 26.3. The Labute approximate surface area is 186 Å². The SMILES string of the molecule is CNCCOc1cc(C)ccc1C(=O)N[C@@H](Cc1ccccc1)C(=O)N[C@@H](CO)C(=O)O. The van der Waals surface area contributed by atoms with Gasteiger partial charge in [0.1, 0.15) is 24.4 Å². The van der Waals surface area contributed by atoms with Gasteiger partial charge in [-0.15, -0.1) is 0 Å². The maximum atomic E-state index is 13.1. The Morgan fingerprint density at radius 3 is 2.38 bits per heavy atom.